The number of ether oxygens (including phenoxy) is 1. The van der Waals surface area contributed by atoms with Gasteiger partial charge in [0, 0.05) is 11.6 Å². The van der Waals surface area contributed by atoms with Gasteiger partial charge in [0.25, 0.3) is 0 Å². The van der Waals surface area contributed by atoms with Gasteiger partial charge in [0.15, 0.2) is 5.69 Å². The van der Waals surface area contributed by atoms with Crippen molar-refractivity contribution in [3.8, 4) is 10.7 Å². The third-order valence-electron chi connectivity index (χ3n) is 2.12. The van der Waals surface area contributed by atoms with E-state index in [4.69, 9.17) is 4.74 Å². The van der Waals surface area contributed by atoms with Crippen molar-refractivity contribution < 1.29 is 9.53 Å². The van der Waals surface area contributed by atoms with E-state index < -0.39 is 0 Å². The number of carbonyl (C=O) groups is 1. The Hall–Kier alpha value is -1.75. The van der Waals surface area contributed by atoms with E-state index in [1.807, 2.05) is 19.1 Å². The Morgan fingerprint density at radius 2 is 2.29 bits per heavy atom. The van der Waals surface area contributed by atoms with Crippen LogP contribution in [-0.4, -0.2) is 22.5 Å². The van der Waals surface area contributed by atoms with Crippen molar-refractivity contribution in [2.24, 2.45) is 0 Å². The lowest BCUT2D eigenvalue weighted by molar-refractivity contribution is 0.0520. The molecule has 0 saturated heterocycles. The van der Waals surface area contributed by atoms with E-state index in [1.165, 1.54) is 11.3 Å². The molecule has 0 fully saturated rings. The highest BCUT2D eigenvalue weighted by Crippen LogP contribution is 2.22. The predicted octanol–water partition coefficient (Wildman–Crippen LogP) is 2.69. The molecule has 0 saturated carbocycles. The second-order valence-electron chi connectivity index (χ2n) is 3.48. The number of nitrogens with zero attached hydrogens (tertiary/aromatic N) is 2. The first-order valence-corrected chi connectivity index (χ1v) is 6.14. The maximum atomic E-state index is 11.4. The van der Waals surface area contributed by atoms with Crippen molar-refractivity contribution in [3.63, 3.8) is 0 Å². The molecule has 4 nitrogen and oxygen atoms in total. The van der Waals surface area contributed by atoms with E-state index in [0.717, 1.165) is 16.3 Å². The van der Waals surface area contributed by atoms with E-state index in [-0.39, 0.29) is 5.97 Å². The fourth-order valence-corrected chi connectivity index (χ4v) is 2.05. The van der Waals surface area contributed by atoms with Crippen LogP contribution in [0.1, 0.15) is 23.0 Å². The highest BCUT2D eigenvalue weighted by molar-refractivity contribution is 7.13. The van der Waals surface area contributed by atoms with Gasteiger partial charge >= 0.3 is 5.97 Å². The predicted molar refractivity (Wildman–Crippen MR) is 66.0 cm³/mol. The van der Waals surface area contributed by atoms with Gasteiger partial charge in [0.2, 0.25) is 0 Å². The van der Waals surface area contributed by atoms with Gasteiger partial charge in [-0.1, -0.05) is 6.07 Å². The average Bonchev–Trinajstić information content (AvgIpc) is 2.80. The molecule has 2 rings (SSSR count). The molecular weight excluding hydrogens is 236 g/mol. The monoisotopic (exact) mass is 248 g/mol. The summed E-state index contributed by atoms with van der Waals surface area (Å²) in [5, 5.41) is 2.42. The normalized spacial score (nSPS) is 10.2. The summed E-state index contributed by atoms with van der Waals surface area (Å²) in [6.07, 6.45) is 1.78. The molecule has 2 heterocycles. The molecule has 0 amide bonds. The van der Waals surface area contributed by atoms with Crippen LogP contribution in [0.5, 0.6) is 0 Å². The van der Waals surface area contributed by atoms with Crippen molar-refractivity contribution in [3.05, 3.63) is 35.0 Å². The summed E-state index contributed by atoms with van der Waals surface area (Å²) in [5.74, 6) is -0.387. The van der Waals surface area contributed by atoms with E-state index in [9.17, 15) is 4.79 Å². The van der Waals surface area contributed by atoms with Gasteiger partial charge in [0.05, 0.1) is 12.3 Å². The molecule has 0 radical (unpaired) electrons. The standard InChI is InChI=1S/C12H12N2O2S/c1-3-16-12(15)10-7-17-11(14-10)9-5-4-8(2)6-13-9/h4-7H,3H2,1-2H3. The smallest absolute Gasteiger partial charge is 0.357 e. The largest absolute Gasteiger partial charge is 0.461 e. The van der Waals surface area contributed by atoms with Crippen LogP contribution in [0.15, 0.2) is 23.7 Å². The van der Waals surface area contributed by atoms with E-state index in [1.54, 1.807) is 18.5 Å². The molecule has 0 unspecified atom stereocenters. The summed E-state index contributed by atoms with van der Waals surface area (Å²) in [5.41, 5.74) is 2.21. The van der Waals surface area contributed by atoms with Crippen LogP contribution in [0.2, 0.25) is 0 Å². The molecule has 5 heteroatoms. The molecule has 0 bridgehead atoms. The first-order chi connectivity index (χ1) is 8.20. The molecule has 0 spiro atoms. The first kappa shape index (κ1) is 11.7. The number of hydrogen-bond donors (Lipinski definition) is 0. The number of pyridine rings is 1. The topological polar surface area (TPSA) is 52.1 Å². The van der Waals surface area contributed by atoms with Crippen LogP contribution in [0.3, 0.4) is 0 Å². The Morgan fingerprint density at radius 3 is 2.94 bits per heavy atom. The van der Waals surface area contributed by atoms with E-state index in [0.29, 0.717) is 12.3 Å². The Kier molecular flexibility index (Phi) is 3.49. The average molecular weight is 248 g/mol. The minimum absolute atomic E-state index is 0.342. The maximum Gasteiger partial charge on any atom is 0.357 e. The lowest BCUT2D eigenvalue weighted by Crippen LogP contribution is -2.04. The number of thiazole rings is 1. The van der Waals surface area contributed by atoms with Crippen molar-refractivity contribution in [1.29, 1.82) is 0 Å². The summed E-state index contributed by atoms with van der Waals surface area (Å²) in [6.45, 7) is 4.10. The van der Waals surface area contributed by atoms with Crippen LogP contribution in [0, 0.1) is 6.92 Å². The van der Waals surface area contributed by atoms with Gasteiger partial charge in [-0.3, -0.25) is 4.98 Å². The summed E-state index contributed by atoms with van der Waals surface area (Å²) >= 11 is 1.39. The van der Waals surface area contributed by atoms with Gasteiger partial charge in [-0.05, 0) is 25.5 Å². The lowest BCUT2D eigenvalue weighted by Gasteiger charge is -1.97. The fourth-order valence-electron chi connectivity index (χ4n) is 1.28. The number of esters is 1. The summed E-state index contributed by atoms with van der Waals surface area (Å²) in [4.78, 5) is 19.9. The van der Waals surface area contributed by atoms with Crippen molar-refractivity contribution in [2.45, 2.75) is 13.8 Å². The lowest BCUT2D eigenvalue weighted by atomic mass is 10.3. The quantitative estimate of drug-likeness (QED) is 0.784. The third-order valence-corrected chi connectivity index (χ3v) is 2.98. The molecule has 2 aromatic rings. The van der Waals surface area contributed by atoms with Crippen molar-refractivity contribution >= 4 is 17.3 Å². The van der Waals surface area contributed by atoms with Gasteiger partial charge in [-0.25, -0.2) is 9.78 Å². The van der Waals surface area contributed by atoms with Crippen LogP contribution < -0.4 is 0 Å². The van der Waals surface area contributed by atoms with E-state index in [2.05, 4.69) is 9.97 Å². The number of carbonyl (C=O) groups excluding carboxylic acids is 1. The number of hydrogen-bond acceptors (Lipinski definition) is 5. The maximum absolute atomic E-state index is 11.4. The minimum atomic E-state index is -0.387. The van der Waals surface area contributed by atoms with Crippen LogP contribution in [-0.2, 0) is 4.74 Å². The van der Waals surface area contributed by atoms with Gasteiger partial charge in [-0.15, -0.1) is 11.3 Å². The Labute approximate surface area is 103 Å². The molecule has 17 heavy (non-hydrogen) atoms. The minimum Gasteiger partial charge on any atom is -0.461 e. The summed E-state index contributed by atoms with van der Waals surface area (Å²) in [6, 6.07) is 3.86. The molecule has 0 N–H and O–H groups in total. The highest BCUT2D eigenvalue weighted by Gasteiger charge is 2.12. The second kappa shape index (κ2) is 5.05. The van der Waals surface area contributed by atoms with E-state index >= 15 is 0 Å². The number of rotatable bonds is 3. The Morgan fingerprint density at radius 1 is 1.47 bits per heavy atom. The molecule has 0 aliphatic heterocycles. The molecule has 0 aromatic carbocycles. The third kappa shape index (κ3) is 2.68. The summed E-state index contributed by atoms with van der Waals surface area (Å²) < 4.78 is 4.88. The highest BCUT2D eigenvalue weighted by atomic mass is 32.1. The SMILES string of the molecule is CCOC(=O)c1csc(-c2ccc(C)cn2)n1. The van der Waals surface area contributed by atoms with Gasteiger partial charge < -0.3 is 4.74 Å². The fraction of sp³-hybridized carbons (Fsp3) is 0.250. The Bertz CT molecular complexity index is 520. The second-order valence-corrected chi connectivity index (χ2v) is 4.34. The van der Waals surface area contributed by atoms with Gasteiger partial charge in [-0.2, -0.15) is 0 Å². The summed E-state index contributed by atoms with van der Waals surface area (Å²) in [7, 11) is 0. The number of aromatic nitrogens is 2. The first-order valence-electron chi connectivity index (χ1n) is 5.26. The van der Waals surface area contributed by atoms with Crippen LogP contribution >= 0.6 is 11.3 Å². The van der Waals surface area contributed by atoms with Crippen molar-refractivity contribution in [1.82, 2.24) is 9.97 Å². The molecule has 88 valence electrons. The van der Waals surface area contributed by atoms with Gasteiger partial charge in [0.1, 0.15) is 5.01 Å². The molecule has 2 aromatic heterocycles. The molecular formula is C12H12N2O2S. The zero-order chi connectivity index (χ0) is 12.3. The zero-order valence-corrected chi connectivity index (χ0v) is 10.5. The Balaban J connectivity index is 2.23. The van der Waals surface area contributed by atoms with Crippen LogP contribution in [0.25, 0.3) is 10.7 Å². The van der Waals surface area contributed by atoms with Crippen LogP contribution in [0.4, 0.5) is 0 Å². The molecule has 0 atom stereocenters. The van der Waals surface area contributed by atoms with Crippen molar-refractivity contribution in [2.75, 3.05) is 6.61 Å². The zero-order valence-electron chi connectivity index (χ0n) is 9.64. The molecule has 0 aliphatic carbocycles. The molecule has 0 aliphatic rings. The number of aryl methyl sites for hydroxylation is 1.